The molecule has 1 saturated heterocycles. The number of hydrogen-bond acceptors (Lipinski definition) is 6. The minimum absolute atomic E-state index is 0.176. The molecule has 2 heterocycles. The second-order valence-electron chi connectivity index (χ2n) is 10.4. The predicted molar refractivity (Wildman–Crippen MR) is 139 cm³/mol. The maximum atomic E-state index is 15.8. The van der Waals surface area contributed by atoms with Crippen molar-refractivity contribution in [3.05, 3.63) is 59.9 Å². The van der Waals surface area contributed by atoms with Crippen LogP contribution in [0.4, 0.5) is 10.2 Å². The van der Waals surface area contributed by atoms with Crippen molar-refractivity contribution < 1.29 is 13.9 Å². The SMILES string of the molecule is C=CC(=O)N1CCN(c2nc(OC)nc3cc(-c4cccc5c4CC4(CC4)C5)c(F)cc23)C[C@@H]1CC#N. The number of methoxy groups -OCH3 is 1. The molecule has 1 atom stereocenters. The quantitative estimate of drug-likeness (QED) is 0.485. The molecule has 1 amide bonds. The standard InChI is InChI=1S/C29H28FN5O2/c1-3-26(36)35-12-11-34(17-19(35)7-10-31)27-22-13-24(30)21(14-25(22)32-28(33-27)37-2)20-6-4-5-18-15-29(8-9-29)16-23(18)20/h3-6,13-14,19H,1,7-9,11-12,15-17H2,2H3/t19-/m0/s1. The second kappa shape index (κ2) is 8.84. The van der Waals surface area contributed by atoms with Gasteiger partial charge in [-0.1, -0.05) is 24.8 Å². The van der Waals surface area contributed by atoms with Gasteiger partial charge in [-0.3, -0.25) is 4.79 Å². The fourth-order valence-electron chi connectivity index (χ4n) is 6.02. The maximum absolute atomic E-state index is 15.8. The van der Waals surface area contributed by atoms with E-state index in [9.17, 15) is 10.1 Å². The van der Waals surface area contributed by atoms with E-state index in [-0.39, 0.29) is 30.2 Å². The van der Waals surface area contributed by atoms with Crippen LogP contribution in [-0.4, -0.2) is 53.6 Å². The number of amides is 1. The summed E-state index contributed by atoms with van der Waals surface area (Å²) in [7, 11) is 1.51. The van der Waals surface area contributed by atoms with Gasteiger partial charge in [0, 0.05) is 30.6 Å². The lowest BCUT2D eigenvalue weighted by Crippen LogP contribution is -2.55. The Balaban J connectivity index is 1.42. The van der Waals surface area contributed by atoms with Gasteiger partial charge in [0.25, 0.3) is 0 Å². The lowest BCUT2D eigenvalue weighted by molar-refractivity contribution is -0.128. The van der Waals surface area contributed by atoms with E-state index in [1.54, 1.807) is 11.0 Å². The van der Waals surface area contributed by atoms with Crippen LogP contribution in [0.15, 0.2) is 43.0 Å². The van der Waals surface area contributed by atoms with Gasteiger partial charge in [-0.05, 0) is 66.0 Å². The summed E-state index contributed by atoms with van der Waals surface area (Å²) in [5, 5.41) is 9.93. The molecular weight excluding hydrogens is 469 g/mol. The van der Waals surface area contributed by atoms with Crippen molar-refractivity contribution in [2.45, 2.75) is 38.1 Å². The van der Waals surface area contributed by atoms with Crippen molar-refractivity contribution in [3.8, 4) is 23.2 Å². The fourth-order valence-corrected chi connectivity index (χ4v) is 6.02. The number of anilines is 1. The van der Waals surface area contributed by atoms with Gasteiger partial charge in [-0.2, -0.15) is 15.2 Å². The van der Waals surface area contributed by atoms with Gasteiger partial charge in [0.1, 0.15) is 11.6 Å². The number of nitriles is 1. The van der Waals surface area contributed by atoms with Gasteiger partial charge < -0.3 is 14.5 Å². The Labute approximate surface area is 215 Å². The number of carbonyl (C=O) groups excluding carboxylic acids is 1. The molecule has 1 spiro atoms. The molecule has 37 heavy (non-hydrogen) atoms. The Kier molecular flexibility index (Phi) is 5.59. The number of aromatic nitrogens is 2. The van der Waals surface area contributed by atoms with E-state index in [2.05, 4.69) is 28.7 Å². The summed E-state index contributed by atoms with van der Waals surface area (Å²) in [6.45, 7) is 4.86. The van der Waals surface area contributed by atoms with Crippen molar-refractivity contribution in [2.24, 2.45) is 5.41 Å². The summed E-state index contributed by atoms with van der Waals surface area (Å²) < 4.78 is 21.2. The molecule has 2 fully saturated rings. The first-order valence-electron chi connectivity index (χ1n) is 12.7. The third-order valence-electron chi connectivity index (χ3n) is 8.13. The minimum atomic E-state index is -0.328. The highest BCUT2D eigenvalue weighted by atomic mass is 19.1. The first-order valence-corrected chi connectivity index (χ1v) is 12.7. The van der Waals surface area contributed by atoms with E-state index in [0.29, 0.717) is 47.3 Å². The molecule has 1 saturated carbocycles. The number of benzene rings is 2. The molecule has 3 aromatic rings. The molecule has 0 N–H and O–H groups in total. The summed E-state index contributed by atoms with van der Waals surface area (Å²) in [5.41, 5.74) is 5.03. The van der Waals surface area contributed by atoms with Gasteiger partial charge in [-0.15, -0.1) is 0 Å². The van der Waals surface area contributed by atoms with Crippen molar-refractivity contribution in [3.63, 3.8) is 0 Å². The maximum Gasteiger partial charge on any atom is 0.318 e. The van der Waals surface area contributed by atoms with Crippen LogP contribution in [0.2, 0.25) is 0 Å². The summed E-state index contributed by atoms with van der Waals surface area (Å²) in [4.78, 5) is 25.1. The lowest BCUT2D eigenvalue weighted by atomic mass is 9.95. The summed E-state index contributed by atoms with van der Waals surface area (Å²) in [5.74, 6) is 0.0157. The molecule has 0 unspecified atom stereocenters. The van der Waals surface area contributed by atoms with Crippen LogP contribution in [0.1, 0.15) is 30.4 Å². The fraction of sp³-hybridized carbons (Fsp3) is 0.379. The summed E-state index contributed by atoms with van der Waals surface area (Å²) >= 11 is 0. The average molecular weight is 498 g/mol. The number of halogens is 1. The molecule has 188 valence electrons. The number of piperazine rings is 1. The molecule has 3 aliphatic rings. The molecule has 8 heteroatoms. The van der Waals surface area contributed by atoms with Crippen LogP contribution in [0.5, 0.6) is 6.01 Å². The summed E-state index contributed by atoms with van der Waals surface area (Å²) in [6, 6.07) is 11.5. The molecule has 2 aliphatic carbocycles. The van der Waals surface area contributed by atoms with Crippen LogP contribution < -0.4 is 9.64 Å². The van der Waals surface area contributed by atoms with E-state index < -0.39 is 0 Å². The number of hydrogen-bond donors (Lipinski definition) is 0. The first-order chi connectivity index (χ1) is 17.9. The lowest BCUT2D eigenvalue weighted by Gasteiger charge is -2.41. The van der Waals surface area contributed by atoms with E-state index in [0.717, 1.165) is 18.4 Å². The van der Waals surface area contributed by atoms with Gasteiger partial charge in [-0.25, -0.2) is 4.39 Å². The first kappa shape index (κ1) is 23.4. The minimum Gasteiger partial charge on any atom is -0.467 e. The zero-order chi connectivity index (χ0) is 25.7. The zero-order valence-corrected chi connectivity index (χ0v) is 20.8. The van der Waals surface area contributed by atoms with E-state index in [4.69, 9.17) is 4.74 Å². The van der Waals surface area contributed by atoms with Crippen LogP contribution in [-0.2, 0) is 17.6 Å². The van der Waals surface area contributed by atoms with Crippen LogP contribution in [0, 0.1) is 22.6 Å². The Morgan fingerprint density at radius 2 is 2.11 bits per heavy atom. The van der Waals surface area contributed by atoms with Gasteiger partial charge in [0.05, 0.1) is 31.2 Å². The van der Waals surface area contributed by atoms with Crippen molar-refractivity contribution in [1.82, 2.24) is 14.9 Å². The zero-order valence-electron chi connectivity index (χ0n) is 20.8. The smallest absolute Gasteiger partial charge is 0.318 e. The van der Waals surface area contributed by atoms with Crippen molar-refractivity contribution in [1.29, 1.82) is 5.26 Å². The molecular formula is C29H28FN5O2. The van der Waals surface area contributed by atoms with Crippen LogP contribution >= 0.6 is 0 Å². The average Bonchev–Trinajstić information content (AvgIpc) is 3.55. The third kappa shape index (κ3) is 3.99. The summed E-state index contributed by atoms with van der Waals surface area (Å²) in [6.07, 6.45) is 6.01. The molecule has 2 aromatic carbocycles. The van der Waals surface area contributed by atoms with E-state index in [1.807, 2.05) is 17.0 Å². The molecule has 7 nitrogen and oxygen atoms in total. The highest BCUT2D eigenvalue weighted by molar-refractivity contribution is 5.94. The number of fused-ring (bicyclic) bond motifs is 2. The van der Waals surface area contributed by atoms with Gasteiger partial charge in [0.2, 0.25) is 5.91 Å². The monoisotopic (exact) mass is 497 g/mol. The number of nitrogens with zero attached hydrogens (tertiary/aromatic N) is 5. The molecule has 1 aliphatic heterocycles. The largest absolute Gasteiger partial charge is 0.467 e. The Bertz CT molecular complexity index is 1480. The number of carbonyl (C=O) groups is 1. The highest BCUT2D eigenvalue weighted by Gasteiger charge is 2.47. The Morgan fingerprint density at radius 3 is 2.84 bits per heavy atom. The normalized spacial score (nSPS) is 19.5. The number of rotatable bonds is 5. The Hall–Kier alpha value is -3.99. The van der Waals surface area contributed by atoms with Gasteiger partial charge >= 0.3 is 6.01 Å². The number of ether oxygens (including phenoxy) is 1. The third-order valence-corrected chi connectivity index (χ3v) is 8.13. The molecule has 0 radical (unpaired) electrons. The van der Waals surface area contributed by atoms with Crippen LogP contribution in [0.3, 0.4) is 0 Å². The highest BCUT2D eigenvalue weighted by Crippen LogP contribution is 2.57. The van der Waals surface area contributed by atoms with Crippen molar-refractivity contribution >= 4 is 22.6 Å². The second-order valence-corrected chi connectivity index (χ2v) is 10.4. The Morgan fingerprint density at radius 1 is 1.27 bits per heavy atom. The topological polar surface area (TPSA) is 82.3 Å². The van der Waals surface area contributed by atoms with E-state index in [1.165, 1.54) is 43.2 Å². The predicted octanol–water partition coefficient (Wildman–Crippen LogP) is 4.44. The molecule has 6 rings (SSSR count). The molecule has 1 aromatic heterocycles. The van der Waals surface area contributed by atoms with Gasteiger partial charge in [0.15, 0.2) is 0 Å². The molecule has 0 bridgehead atoms. The van der Waals surface area contributed by atoms with Crippen molar-refractivity contribution in [2.75, 3.05) is 31.6 Å². The van der Waals surface area contributed by atoms with E-state index >= 15 is 4.39 Å². The van der Waals surface area contributed by atoms with Crippen LogP contribution in [0.25, 0.3) is 22.0 Å².